The Bertz CT molecular complexity index is 443. The Kier molecular flexibility index (Phi) is 5.95. The molecule has 1 aromatic heterocycles. The summed E-state index contributed by atoms with van der Waals surface area (Å²) in [6.45, 7) is 1.91. The highest BCUT2D eigenvalue weighted by Crippen LogP contribution is 2.28. The second kappa shape index (κ2) is 6.99. The topological polar surface area (TPSA) is 39.2 Å². The van der Waals surface area contributed by atoms with Crippen LogP contribution in [0.25, 0.3) is 0 Å². The van der Waals surface area contributed by atoms with E-state index in [2.05, 4.69) is 20.9 Å². The maximum Gasteiger partial charge on any atom is 0.310 e. The van der Waals surface area contributed by atoms with E-state index >= 15 is 0 Å². The summed E-state index contributed by atoms with van der Waals surface area (Å²) in [6.07, 6.45) is -2.84. The monoisotopic (exact) mass is 341 g/mol. The van der Waals surface area contributed by atoms with Crippen molar-refractivity contribution in [2.45, 2.75) is 25.1 Å². The number of carbonyl (C=O) groups is 1. The minimum atomic E-state index is -2.74. The van der Waals surface area contributed by atoms with Crippen molar-refractivity contribution in [1.29, 1.82) is 0 Å². The Morgan fingerprint density at radius 2 is 2.28 bits per heavy atom. The number of halogens is 4. The molecule has 0 atom stereocenters. The average molecular weight is 343 g/mol. The summed E-state index contributed by atoms with van der Waals surface area (Å²) >= 11 is 8.78. The van der Waals surface area contributed by atoms with Crippen molar-refractivity contribution >= 4 is 33.5 Å². The van der Waals surface area contributed by atoms with Crippen molar-refractivity contribution in [1.82, 2.24) is 4.98 Å². The molecule has 1 rings (SSSR count). The first-order valence-electron chi connectivity index (χ1n) is 5.17. The zero-order valence-electron chi connectivity index (χ0n) is 9.55. The molecule has 0 unspecified atom stereocenters. The minimum Gasteiger partial charge on any atom is -0.466 e. The summed E-state index contributed by atoms with van der Waals surface area (Å²) in [4.78, 5) is 15.0. The van der Waals surface area contributed by atoms with Crippen LogP contribution in [0.5, 0.6) is 0 Å². The normalized spacial score (nSPS) is 10.8. The third kappa shape index (κ3) is 3.88. The third-order valence-corrected chi connectivity index (χ3v) is 2.95. The van der Waals surface area contributed by atoms with Crippen LogP contribution < -0.4 is 0 Å². The van der Waals surface area contributed by atoms with Crippen LogP contribution in [-0.2, 0) is 21.3 Å². The van der Waals surface area contributed by atoms with Crippen LogP contribution in [0.4, 0.5) is 8.78 Å². The number of nitrogens with zero attached hydrogens (tertiary/aromatic N) is 1. The van der Waals surface area contributed by atoms with E-state index in [9.17, 15) is 13.6 Å². The highest BCUT2D eigenvalue weighted by atomic mass is 79.9. The zero-order chi connectivity index (χ0) is 13.7. The molecule has 0 aromatic carbocycles. The molecule has 0 radical (unpaired) electrons. The Balaban J connectivity index is 3.13. The molecule has 18 heavy (non-hydrogen) atoms. The molecule has 0 saturated heterocycles. The lowest BCUT2D eigenvalue weighted by molar-refractivity contribution is -0.142. The smallest absolute Gasteiger partial charge is 0.310 e. The number of aromatic nitrogens is 1. The van der Waals surface area contributed by atoms with Crippen LogP contribution in [0.15, 0.2) is 6.07 Å². The van der Waals surface area contributed by atoms with Crippen LogP contribution in [0.2, 0.25) is 5.15 Å². The molecule has 3 nitrogen and oxygen atoms in total. The first-order chi connectivity index (χ1) is 8.49. The SMILES string of the molecule is CCOC(=O)Cc1cc(Cl)nc(C(F)F)c1CBr. The van der Waals surface area contributed by atoms with Crippen LogP contribution in [-0.4, -0.2) is 17.6 Å². The number of hydrogen-bond donors (Lipinski definition) is 0. The van der Waals surface area contributed by atoms with Crippen molar-refractivity contribution in [2.75, 3.05) is 6.61 Å². The largest absolute Gasteiger partial charge is 0.466 e. The number of esters is 1. The van der Waals surface area contributed by atoms with Gasteiger partial charge in [0.05, 0.1) is 13.0 Å². The molecular formula is C11H11BrClF2NO2. The number of alkyl halides is 3. The molecule has 0 aliphatic rings. The van der Waals surface area contributed by atoms with Gasteiger partial charge in [0.25, 0.3) is 6.43 Å². The quantitative estimate of drug-likeness (QED) is 0.465. The highest BCUT2D eigenvalue weighted by Gasteiger charge is 2.20. The minimum absolute atomic E-state index is 0.0608. The van der Waals surface area contributed by atoms with Gasteiger partial charge in [-0.1, -0.05) is 27.5 Å². The van der Waals surface area contributed by atoms with Gasteiger partial charge in [-0.3, -0.25) is 4.79 Å². The van der Waals surface area contributed by atoms with Gasteiger partial charge in [0.1, 0.15) is 10.8 Å². The average Bonchev–Trinajstić information content (AvgIpc) is 2.28. The molecule has 0 saturated carbocycles. The standard InChI is InChI=1S/C11H11BrClF2NO2/c1-2-18-9(17)4-6-3-8(13)16-10(11(14)15)7(6)5-12/h3,11H,2,4-5H2,1H3. The second-order valence-electron chi connectivity index (χ2n) is 3.38. The van der Waals surface area contributed by atoms with Crippen LogP contribution >= 0.6 is 27.5 Å². The Morgan fingerprint density at radius 3 is 2.78 bits per heavy atom. The van der Waals surface area contributed by atoms with Crippen molar-refractivity contribution in [2.24, 2.45) is 0 Å². The van der Waals surface area contributed by atoms with Gasteiger partial charge >= 0.3 is 5.97 Å². The van der Waals surface area contributed by atoms with Gasteiger partial charge in [-0.15, -0.1) is 0 Å². The van der Waals surface area contributed by atoms with Gasteiger partial charge in [0, 0.05) is 5.33 Å². The summed E-state index contributed by atoms with van der Waals surface area (Å²) in [5.41, 5.74) is 0.279. The lowest BCUT2D eigenvalue weighted by atomic mass is 10.1. The van der Waals surface area contributed by atoms with Crippen molar-refractivity contribution in [3.63, 3.8) is 0 Å². The molecular weight excluding hydrogens is 331 g/mol. The van der Waals surface area contributed by atoms with E-state index in [1.54, 1.807) is 6.92 Å². The molecule has 0 aliphatic carbocycles. The molecule has 0 fully saturated rings. The molecule has 0 amide bonds. The van der Waals surface area contributed by atoms with Gasteiger partial charge in [-0.25, -0.2) is 13.8 Å². The zero-order valence-corrected chi connectivity index (χ0v) is 11.9. The maximum absolute atomic E-state index is 12.8. The van der Waals surface area contributed by atoms with Gasteiger partial charge in [-0.2, -0.15) is 0 Å². The first kappa shape index (κ1) is 15.3. The lowest BCUT2D eigenvalue weighted by Gasteiger charge is -2.12. The molecule has 1 heterocycles. The molecule has 0 spiro atoms. The van der Waals surface area contributed by atoms with Gasteiger partial charge in [-0.05, 0) is 24.1 Å². The van der Waals surface area contributed by atoms with E-state index in [0.717, 1.165) is 0 Å². The number of carbonyl (C=O) groups excluding carboxylic acids is 1. The van der Waals surface area contributed by atoms with E-state index in [1.807, 2.05) is 0 Å². The molecule has 0 N–H and O–H groups in total. The predicted octanol–water partition coefficient (Wildman–Crippen LogP) is 3.67. The predicted molar refractivity (Wildman–Crippen MR) is 67.2 cm³/mol. The Labute approximate surface area is 117 Å². The van der Waals surface area contributed by atoms with E-state index in [4.69, 9.17) is 16.3 Å². The summed E-state index contributed by atoms with van der Waals surface area (Å²) < 4.78 is 30.4. The third-order valence-electron chi connectivity index (χ3n) is 2.20. The van der Waals surface area contributed by atoms with E-state index in [1.165, 1.54) is 6.07 Å². The fraction of sp³-hybridized carbons (Fsp3) is 0.455. The molecule has 0 aliphatic heterocycles. The maximum atomic E-state index is 12.8. The number of rotatable bonds is 5. The van der Waals surface area contributed by atoms with Gasteiger partial charge < -0.3 is 4.74 Å². The molecule has 7 heteroatoms. The van der Waals surface area contributed by atoms with Crippen LogP contribution in [0.1, 0.15) is 30.2 Å². The Morgan fingerprint density at radius 1 is 1.61 bits per heavy atom. The summed E-state index contributed by atoms with van der Waals surface area (Å²) in [5.74, 6) is -0.484. The van der Waals surface area contributed by atoms with Crippen molar-refractivity contribution < 1.29 is 18.3 Å². The molecule has 100 valence electrons. The van der Waals surface area contributed by atoms with Crippen molar-refractivity contribution in [3.8, 4) is 0 Å². The lowest BCUT2D eigenvalue weighted by Crippen LogP contribution is -2.11. The fourth-order valence-electron chi connectivity index (χ4n) is 1.47. The van der Waals surface area contributed by atoms with E-state index in [0.29, 0.717) is 5.56 Å². The summed E-state index contributed by atoms with van der Waals surface area (Å²) in [6, 6.07) is 1.40. The summed E-state index contributed by atoms with van der Waals surface area (Å²) in [5, 5.41) is 0.111. The van der Waals surface area contributed by atoms with Crippen LogP contribution in [0, 0.1) is 0 Å². The Hall–Kier alpha value is -0.750. The van der Waals surface area contributed by atoms with E-state index < -0.39 is 18.1 Å². The van der Waals surface area contributed by atoms with Gasteiger partial charge in [0.2, 0.25) is 0 Å². The number of pyridine rings is 1. The second-order valence-corrected chi connectivity index (χ2v) is 4.33. The number of hydrogen-bond acceptors (Lipinski definition) is 3. The van der Waals surface area contributed by atoms with E-state index in [-0.39, 0.29) is 29.1 Å². The molecule has 1 aromatic rings. The highest BCUT2D eigenvalue weighted by molar-refractivity contribution is 9.08. The van der Waals surface area contributed by atoms with Crippen molar-refractivity contribution in [3.05, 3.63) is 28.0 Å². The van der Waals surface area contributed by atoms with Crippen LogP contribution in [0.3, 0.4) is 0 Å². The summed E-state index contributed by atoms with van der Waals surface area (Å²) in [7, 11) is 0. The fourth-order valence-corrected chi connectivity index (χ4v) is 2.34. The first-order valence-corrected chi connectivity index (χ1v) is 6.67. The molecule has 0 bridgehead atoms. The van der Waals surface area contributed by atoms with Gasteiger partial charge in [0.15, 0.2) is 0 Å². The number of ether oxygens (including phenoxy) is 1.